The number of nitrogens with one attached hydrogen (secondary N) is 1. The van der Waals surface area contributed by atoms with Gasteiger partial charge in [-0.05, 0) is 24.9 Å². The van der Waals surface area contributed by atoms with Crippen LogP contribution in [0.5, 0.6) is 0 Å². The van der Waals surface area contributed by atoms with Crippen LogP contribution >= 0.6 is 35.3 Å². The van der Waals surface area contributed by atoms with Crippen molar-refractivity contribution in [3.05, 3.63) is 15.5 Å². The molecule has 0 aliphatic carbocycles. The zero-order valence-corrected chi connectivity index (χ0v) is 12.1. The first-order chi connectivity index (χ1) is 8.24. The van der Waals surface area contributed by atoms with Gasteiger partial charge in [0.05, 0.1) is 5.69 Å². The molecule has 0 spiro atoms. The summed E-state index contributed by atoms with van der Waals surface area (Å²) in [4.78, 5) is 5.94. The molecule has 0 aliphatic heterocycles. The largest absolute Gasteiger partial charge is 0.408 e. The van der Waals surface area contributed by atoms with Crippen LogP contribution in [0.25, 0.3) is 10.8 Å². The lowest BCUT2D eigenvalue weighted by atomic mass is 10.2. The van der Waals surface area contributed by atoms with Gasteiger partial charge in [-0.15, -0.1) is 16.4 Å². The van der Waals surface area contributed by atoms with Crippen molar-refractivity contribution < 1.29 is 4.42 Å². The van der Waals surface area contributed by atoms with Gasteiger partial charge in [-0.1, -0.05) is 13.3 Å². The molecule has 0 saturated heterocycles. The molecule has 92 valence electrons. The topological polar surface area (TPSA) is 54.7 Å². The normalized spacial score (nSPS) is 10.9. The lowest BCUT2D eigenvalue weighted by Crippen LogP contribution is -1.88. The van der Waals surface area contributed by atoms with Crippen LogP contribution in [0.4, 0.5) is 0 Å². The smallest absolute Gasteiger partial charge is 0.284 e. The number of thioether (sulfide) groups is 1. The Morgan fingerprint density at radius 1 is 1.53 bits per heavy atom. The predicted octanol–water partition coefficient (Wildman–Crippen LogP) is 3.67. The third-order valence-electron chi connectivity index (χ3n) is 2.13. The van der Waals surface area contributed by atoms with Crippen molar-refractivity contribution in [2.75, 3.05) is 6.26 Å². The minimum atomic E-state index is 0.308. The number of aryl methyl sites for hydroxylation is 1. The van der Waals surface area contributed by atoms with Gasteiger partial charge in [-0.25, -0.2) is 10.1 Å². The number of hydrogen-bond acceptors (Lipinski definition) is 6. The second kappa shape index (κ2) is 5.79. The molecule has 0 aliphatic rings. The molecule has 4 nitrogen and oxygen atoms in total. The first-order valence-electron chi connectivity index (χ1n) is 5.28. The van der Waals surface area contributed by atoms with E-state index >= 15 is 0 Å². The van der Waals surface area contributed by atoms with E-state index in [1.165, 1.54) is 0 Å². The maximum atomic E-state index is 5.36. The van der Waals surface area contributed by atoms with E-state index in [1.807, 2.05) is 0 Å². The Hall–Kier alpha value is -0.660. The van der Waals surface area contributed by atoms with Crippen LogP contribution in [0, 0.1) is 4.84 Å². The second-order valence-corrected chi connectivity index (χ2v) is 5.81. The van der Waals surface area contributed by atoms with E-state index in [9.17, 15) is 0 Å². The molecule has 0 radical (unpaired) electrons. The number of thiazole rings is 1. The summed E-state index contributed by atoms with van der Waals surface area (Å²) in [5.74, 6) is 1.48. The summed E-state index contributed by atoms with van der Waals surface area (Å²) in [5.41, 5.74) is 1.06. The van der Waals surface area contributed by atoms with E-state index in [2.05, 4.69) is 28.4 Å². The lowest BCUT2D eigenvalue weighted by Gasteiger charge is -1.94. The molecule has 2 aromatic rings. The fourth-order valence-electron chi connectivity index (χ4n) is 1.49. The maximum Gasteiger partial charge on any atom is 0.284 e. The highest BCUT2D eigenvalue weighted by atomic mass is 32.2. The van der Waals surface area contributed by atoms with E-state index < -0.39 is 0 Å². The van der Waals surface area contributed by atoms with Crippen LogP contribution in [0.1, 0.15) is 24.0 Å². The third kappa shape index (κ3) is 2.97. The van der Waals surface area contributed by atoms with Crippen molar-refractivity contribution >= 4 is 35.3 Å². The van der Waals surface area contributed by atoms with E-state index in [-0.39, 0.29) is 0 Å². The fourth-order valence-corrected chi connectivity index (χ4v) is 3.34. The number of aromatic nitrogens is 3. The summed E-state index contributed by atoms with van der Waals surface area (Å²) in [5, 5.41) is 7.83. The van der Waals surface area contributed by atoms with Gasteiger partial charge in [0, 0.05) is 5.75 Å². The Kier molecular flexibility index (Phi) is 4.36. The molecule has 0 unspecified atom stereocenters. The Balaban J connectivity index is 2.39. The van der Waals surface area contributed by atoms with E-state index in [0.717, 1.165) is 34.2 Å². The van der Waals surface area contributed by atoms with Crippen LogP contribution in [0.3, 0.4) is 0 Å². The molecule has 7 heteroatoms. The SMILES string of the molecule is CCCc1nc(CSC)sc1-c1n[nH]c(=S)o1. The number of nitrogens with zero attached hydrogens (tertiary/aromatic N) is 2. The van der Waals surface area contributed by atoms with Gasteiger partial charge in [-0.3, -0.25) is 0 Å². The molecule has 2 rings (SSSR count). The molecule has 0 bridgehead atoms. The molecule has 0 aromatic carbocycles. The van der Waals surface area contributed by atoms with Gasteiger partial charge in [-0.2, -0.15) is 11.8 Å². The minimum Gasteiger partial charge on any atom is -0.408 e. The van der Waals surface area contributed by atoms with Crippen molar-refractivity contribution in [1.82, 2.24) is 15.2 Å². The van der Waals surface area contributed by atoms with Crippen LogP contribution in [0.15, 0.2) is 4.42 Å². The van der Waals surface area contributed by atoms with Gasteiger partial charge in [0.1, 0.15) is 9.88 Å². The molecule has 1 N–H and O–H groups in total. The van der Waals surface area contributed by atoms with E-state index in [0.29, 0.717) is 10.7 Å². The molecule has 17 heavy (non-hydrogen) atoms. The van der Waals surface area contributed by atoms with Gasteiger partial charge < -0.3 is 4.42 Å². The average Bonchev–Trinajstić information content (AvgIpc) is 2.86. The molecule has 0 saturated carbocycles. The summed E-state index contributed by atoms with van der Waals surface area (Å²) in [7, 11) is 0. The number of aromatic amines is 1. The molecule has 0 fully saturated rings. The summed E-state index contributed by atoms with van der Waals surface area (Å²) in [6.45, 7) is 2.14. The predicted molar refractivity (Wildman–Crippen MR) is 74.0 cm³/mol. The van der Waals surface area contributed by atoms with Crippen molar-refractivity contribution in [2.24, 2.45) is 0 Å². The highest BCUT2D eigenvalue weighted by Gasteiger charge is 2.16. The summed E-state index contributed by atoms with van der Waals surface area (Å²) in [6.07, 6.45) is 4.07. The molecule has 2 heterocycles. The van der Waals surface area contributed by atoms with Crippen molar-refractivity contribution in [2.45, 2.75) is 25.5 Å². The number of H-pyrrole nitrogens is 1. The van der Waals surface area contributed by atoms with Gasteiger partial charge >= 0.3 is 0 Å². The van der Waals surface area contributed by atoms with Crippen LogP contribution in [-0.2, 0) is 12.2 Å². The van der Waals surface area contributed by atoms with E-state index in [1.54, 1.807) is 23.1 Å². The zero-order chi connectivity index (χ0) is 12.3. The van der Waals surface area contributed by atoms with Crippen molar-refractivity contribution in [3.63, 3.8) is 0 Å². The van der Waals surface area contributed by atoms with Crippen LogP contribution in [-0.4, -0.2) is 21.4 Å². The van der Waals surface area contributed by atoms with Crippen LogP contribution < -0.4 is 0 Å². The molecule has 0 atom stereocenters. The number of rotatable bonds is 5. The Bertz CT molecular complexity index is 543. The van der Waals surface area contributed by atoms with Gasteiger partial charge in [0.2, 0.25) is 0 Å². The summed E-state index contributed by atoms with van der Waals surface area (Å²) >= 11 is 8.29. The average molecular weight is 287 g/mol. The van der Waals surface area contributed by atoms with Crippen molar-refractivity contribution in [1.29, 1.82) is 0 Å². The standard InChI is InChI=1S/C10H13N3OS3/c1-3-4-6-8(9-12-13-10(15)14-9)17-7(11-6)5-16-2/h3-5H2,1-2H3,(H,13,15). The summed E-state index contributed by atoms with van der Waals surface area (Å²) in [6, 6.07) is 0. The van der Waals surface area contributed by atoms with Crippen LogP contribution in [0.2, 0.25) is 0 Å². The zero-order valence-electron chi connectivity index (χ0n) is 9.65. The Labute approximate surface area is 113 Å². The lowest BCUT2D eigenvalue weighted by molar-refractivity contribution is 0.552. The van der Waals surface area contributed by atoms with Gasteiger partial charge in [0.15, 0.2) is 0 Å². The molecule has 0 amide bonds. The fraction of sp³-hybridized carbons (Fsp3) is 0.500. The molecule has 2 aromatic heterocycles. The Morgan fingerprint density at radius 3 is 2.94 bits per heavy atom. The quantitative estimate of drug-likeness (QED) is 0.850. The Morgan fingerprint density at radius 2 is 2.35 bits per heavy atom. The van der Waals surface area contributed by atoms with Crippen molar-refractivity contribution in [3.8, 4) is 10.8 Å². The highest BCUT2D eigenvalue weighted by molar-refractivity contribution is 7.97. The van der Waals surface area contributed by atoms with Gasteiger partial charge in [0.25, 0.3) is 10.7 Å². The summed E-state index contributed by atoms with van der Waals surface area (Å²) < 4.78 is 5.36. The highest BCUT2D eigenvalue weighted by Crippen LogP contribution is 2.31. The first kappa shape index (κ1) is 12.8. The maximum absolute atomic E-state index is 5.36. The third-order valence-corrected chi connectivity index (χ3v) is 4.13. The van der Waals surface area contributed by atoms with E-state index in [4.69, 9.17) is 16.6 Å². The minimum absolute atomic E-state index is 0.308. The first-order valence-corrected chi connectivity index (χ1v) is 7.89. The second-order valence-electron chi connectivity index (χ2n) is 3.48. The monoisotopic (exact) mass is 287 g/mol. The molecular weight excluding hydrogens is 274 g/mol. The molecular formula is C10H13N3OS3. The number of hydrogen-bond donors (Lipinski definition) is 1.